The van der Waals surface area contributed by atoms with Crippen LogP contribution in [0.15, 0.2) is 79.0 Å². The summed E-state index contributed by atoms with van der Waals surface area (Å²) in [7, 11) is 1.94. The predicted molar refractivity (Wildman–Crippen MR) is 150 cm³/mol. The van der Waals surface area contributed by atoms with Gasteiger partial charge in [0.1, 0.15) is 23.6 Å². The van der Waals surface area contributed by atoms with Crippen LogP contribution in [0.5, 0.6) is 5.75 Å². The molecule has 39 heavy (non-hydrogen) atoms. The van der Waals surface area contributed by atoms with E-state index in [4.69, 9.17) is 24.7 Å². The highest BCUT2D eigenvalue weighted by atomic mass is 16.5. The van der Waals surface area contributed by atoms with E-state index in [2.05, 4.69) is 19.1 Å². The largest absolute Gasteiger partial charge is 0.490 e. The first kappa shape index (κ1) is 25.5. The Kier molecular flexibility index (Phi) is 6.98. The molecular weight excluding hydrogens is 490 g/mol. The molecule has 8 nitrogen and oxygen atoms in total. The van der Waals surface area contributed by atoms with Gasteiger partial charge < -0.3 is 14.4 Å². The molecule has 0 saturated heterocycles. The number of imidazole rings is 1. The average Bonchev–Trinajstić information content (AvgIpc) is 3.61. The number of fused-ring (bicyclic) bond motifs is 2. The van der Waals surface area contributed by atoms with Crippen molar-refractivity contribution in [3.8, 4) is 28.8 Å². The van der Waals surface area contributed by atoms with E-state index in [-0.39, 0.29) is 6.10 Å². The van der Waals surface area contributed by atoms with Gasteiger partial charge in [-0.1, -0.05) is 30.3 Å². The van der Waals surface area contributed by atoms with E-state index in [1.807, 2.05) is 95.3 Å². The number of ether oxygens (including phenoxy) is 1. The molecule has 1 aliphatic heterocycles. The zero-order valence-electron chi connectivity index (χ0n) is 21.9. The third-order valence-corrected chi connectivity index (χ3v) is 6.38. The third kappa shape index (κ3) is 5.29. The van der Waals surface area contributed by atoms with Crippen LogP contribution >= 0.6 is 0 Å². The Hall–Kier alpha value is -5.16. The van der Waals surface area contributed by atoms with E-state index >= 15 is 0 Å². The van der Waals surface area contributed by atoms with E-state index in [1.54, 1.807) is 0 Å². The number of para-hydroxylation sites is 3. The fraction of sp³-hybridized carbons (Fsp3) is 0.161. The first-order valence-electron chi connectivity index (χ1n) is 12.5. The number of hydrogen-bond donors (Lipinski definition) is 1. The van der Waals surface area contributed by atoms with Crippen molar-refractivity contribution < 1.29 is 14.6 Å². The van der Waals surface area contributed by atoms with Crippen LogP contribution in [0.2, 0.25) is 0 Å². The van der Waals surface area contributed by atoms with Crippen LogP contribution in [0.4, 0.5) is 0 Å². The van der Waals surface area contributed by atoms with Crippen molar-refractivity contribution >= 4 is 28.7 Å². The number of carboxylic acids is 1. The first-order chi connectivity index (χ1) is 18.8. The first-order valence-corrected chi connectivity index (χ1v) is 12.5. The maximum atomic E-state index is 10.1. The van der Waals surface area contributed by atoms with E-state index in [1.165, 1.54) is 5.56 Å². The Morgan fingerprint density at radius 3 is 2.56 bits per heavy atom. The number of rotatable bonds is 4. The van der Waals surface area contributed by atoms with Gasteiger partial charge in [0, 0.05) is 37.7 Å². The maximum absolute atomic E-state index is 10.1. The molecule has 1 unspecified atom stereocenters. The number of carboxylic acid groups (broad SMARTS) is 1. The Balaban J connectivity index is 0.000000723. The number of aliphatic carboxylic acids is 1. The quantitative estimate of drug-likeness (QED) is 0.297. The number of benzene rings is 3. The molecular formula is C31H27N5O3. The highest BCUT2D eigenvalue weighted by Gasteiger charge is 2.21. The lowest BCUT2D eigenvalue weighted by molar-refractivity contribution is -0.134. The summed E-state index contributed by atoms with van der Waals surface area (Å²) in [5.74, 6) is 0.724. The van der Waals surface area contributed by atoms with E-state index in [9.17, 15) is 5.26 Å². The minimum absolute atomic E-state index is 0.171. The SMILES string of the molecule is CC(=O)O.CC1Cc2cc(-c3nn(-c4ccccc4)cc3/C=C(\C#N)c3nc4ccccc4n3C)ccc2O1. The summed E-state index contributed by atoms with van der Waals surface area (Å²) in [6.07, 6.45) is 4.90. The normalized spacial score (nSPS) is 14.2. The summed E-state index contributed by atoms with van der Waals surface area (Å²) in [5, 5.41) is 22.5. The molecule has 0 radical (unpaired) electrons. The molecule has 5 aromatic rings. The zero-order valence-corrected chi connectivity index (χ0v) is 21.9. The van der Waals surface area contributed by atoms with E-state index in [0.29, 0.717) is 11.4 Å². The van der Waals surface area contributed by atoms with Crippen LogP contribution in [0, 0.1) is 11.3 Å². The van der Waals surface area contributed by atoms with Crippen molar-refractivity contribution in [1.82, 2.24) is 19.3 Å². The summed E-state index contributed by atoms with van der Waals surface area (Å²) in [4.78, 5) is 13.7. The summed E-state index contributed by atoms with van der Waals surface area (Å²) >= 11 is 0. The summed E-state index contributed by atoms with van der Waals surface area (Å²) in [6, 6.07) is 26.4. The Morgan fingerprint density at radius 2 is 1.85 bits per heavy atom. The van der Waals surface area contributed by atoms with Crippen molar-refractivity contribution in [3.63, 3.8) is 0 Å². The maximum Gasteiger partial charge on any atom is 0.300 e. The van der Waals surface area contributed by atoms with Crippen molar-refractivity contribution in [2.75, 3.05) is 0 Å². The van der Waals surface area contributed by atoms with Crippen LogP contribution in [0.3, 0.4) is 0 Å². The molecule has 0 amide bonds. The van der Waals surface area contributed by atoms with E-state index < -0.39 is 5.97 Å². The summed E-state index contributed by atoms with van der Waals surface area (Å²) in [6.45, 7) is 3.16. The number of allylic oxidation sites excluding steroid dienone is 1. The second-order valence-corrected chi connectivity index (χ2v) is 9.34. The average molecular weight is 518 g/mol. The van der Waals surface area contributed by atoms with Gasteiger partial charge in [-0.3, -0.25) is 4.79 Å². The Morgan fingerprint density at radius 1 is 1.13 bits per heavy atom. The Labute approximate surface area is 226 Å². The molecule has 0 aliphatic carbocycles. The van der Waals surface area contributed by atoms with Crippen molar-refractivity contribution in [3.05, 3.63) is 95.9 Å². The van der Waals surface area contributed by atoms with Crippen molar-refractivity contribution in [2.45, 2.75) is 26.4 Å². The molecule has 1 N–H and O–H groups in total. The van der Waals surface area contributed by atoms with Gasteiger partial charge in [0.2, 0.25) is 0 Å². The lowest BCUT2D eigenvalue weighted by Gasteiger charge is -2.04. The summed E-state index contributed by atoms with van der Waals surface area (Å²) in [5.41, 5.74) is 7.10. The smallest absolute Gasteiger partial charge is 0.300 e. The molecule has 2 aromatic heterocycles. The molecule has 1 aliphatic rings. The second kappa shape index (κ2) is 10.7. The monoisotopic (exact) mass is 517 g/mol. The molecule has 194 valence electrons. The molecule has 0 fully saturated rings. The standard InChI is InChI=1S/C29H23N5O.C2H4O2/c1-19-14-21-15-20(12-13-27(21)35-19)28-23(18-34(32-28)24-8-4-3-5-9-24)16-22(17-30)29-31-25-10-6-7-11-26(25)33(29)2;1-2(3)4/h3-13,15-16,18-19H,14H2,1-2H3;1H3,(H,3,4)/b22-16+;. The molecule has 0 saturated carbocycles. The number of carbonyl (C=O) groups is 1. The highest BCUT2D eigenvalue weighted by Crippen LogP contribution is 2.35. The lowest BCUT2D eigenvalue weighted by Crippen LogP contribution is -2.05. The fourth-order valence-corrected chi connectivity index (χ4v) is 4.69. The molecule has 8 heteroatoms. The van der Waals surface area contributed by atoms with Gasteiger partial charge in [-0.05, 0) is 61.0 Å². The van der Waals surface area contributed by atoms with Crippen LogP contribution < -0.4 is 4.74 Å². The van der Waals surface area contributed by atoms with Gasteiger partial charge in [0.05, 0.1) is 22.3 Å². The van der Waals surface area contributed by atoms with Crippen molar-refractivity contribution in [1.29, 1.82) is 5.26 Å². The fourth-order valence-electron chi connectivity index (χ4n) is 4.69. The number of nitrogens with zero attached hydrogens (tertiary/aromatic N) is 5. The summed E-state index contributed by atoms with van der Waals surface area (Å²) < 4.78 is 9.71. The predicted octanol–water partition coefficient (Wildman–Crippen LogP) is 5.90. The van der Waals surface area contributed by atoms with Crippen LogP contribution in [-0.2, 0) is 18.3 Å². The molecule has 0 spiro atoms. The number of aryl methyl sites for hydroxylation is 1. The third-order valence-electron chi connectivity index (χ3n) is 6.38. The number of aromatic nitrogens is 4. The van der Waals surface area contributed by atoms with Crippen LogP contribution in [0.25, 0.3) is 39.6 Å². The minimum atomic E-state index is -0.833. The van der Waals surface area contributed by atoms with Gasteiger partial charge in [-0.15, -0.1) is 0 Å². The van der Waals surface area contributed by atoms with Gasteiger partial charge >= 0.3 is 0 Å². The second-order valence-electron chi connectivity index (χ2n) is 9.34. The zero-order chi connectivity index (χ0) is 27.5. The number of hydrogen-bond acceptors (Lipinski definition) is 5. The molecule has 3 aromatic carbocycles. The van der Waals surface area contributed by atoms with Crippen LogP contribution in [-0.4, -0.2) is 36.5 Å². The topological polar surface area (TPSA) is 106 Å². The minimum Gasteiger partial charge on any atom is -0.490 e. The molecule has 6 rings (SSSR count). The molecule has 0 bridgehead atoms. The van der Waals surface area contributed by atoms with Gasteiger partial charge in [-0.2, -0.15) is 10.4 Å². The molecule has 3 heterocycles. The number of nitriles is 1. The van der Waals surface area contributed by atoms with Gasteiger partial charge in [-0.25, -0.2) is 9.67 Å². The van der Waals surface area contributed by atoms with Gasteiger partial charge in [0.25, 0.3) is 5.97 Å². The molecule has 1 atom stereocenters. The highest BCUT2D eigenvalue weighted by molar-refractivity contribution is 5.93. The van der Waals surface area contributed by atoms with Gasteiger partial charge in [0.15, 0.2) is 5.82 Å². The van der Waals surface area contributed by atoms with E-state index in [0.717, 1.165) is 52.6 Å². The van der Waals surface area contributed by atoms with Crippen molar-refractivity contribution in [2.24, 2.45) is 7.05 Å². The van der Waals surface area contributed by atoms with Crippen LogP contribution in [0.1, 0.15) is 30.8 Å². The lowest BCUT2D eigenvalue weighted by atomic mass is 10.0. The Bertz CT molecular complexity index is 1740.